The monoisotopic (exact) mass is 1370 g/mol. The molecular formula is C69H127NO25. The molecule has 0 saturated heterocycles. The lowest BCUT2D eigenvalue weighted by molar-refractivity contribution is -0.0320. The third-order valence-electron chi connectivity index (χ3n) is 13.3. The molecule has 0 aliphatic heterocycles. The SMILES string of the molecule is CCCCCCCCCCCCOCCOCCOCCOCCOCCOCCOCCOCCOCCOCCOCCOCCOCCOCCOCCOCCOCCOCCOCCOCCOCCOCCOCCOCCOc1ccc2ncccc2c1. The van der Waals surface area contributed by atoms with Crippen molar-refractivity contribution in [2.45, 2.75) is 71.1 Å². The van der Waals surface area contributed by atoms with E-state index < -0.39 is 0 Å². The van der Waals surface area contributed by atoms with Gasteiger partial charge in [0.15, 0.2) is 0 Å². The molecule has 2 aromatic rings. The van der Waals surface area contributed by atoms with E-state index in [0.29, 0.717) is 317 Å². The summed E-state index contributed by atoms with van der Waals surface area (Å²) in [6.45, 7) is 27.1. The van der Waals surface area contributed by atoms with E-state index in [4.69, 9.17) is 118 Å². The average Bonchev–Trinajstić information content (AvgIpc) is 1.00. The summed E-state index contributed by atoms with van der Waals surface area (Å²) in [4.78, 5) is 4.31. The minimum atomic E-state index is 0.469. The topological polar surface area (TPSA) is 244 Å². The van der Waals surface area contributed by atoms with Crippen molar-refractivity contribution in [1.29, 1.82) is 0 Å². The Bertz CT molecular complexity index is 1760. The fraction of sp³-hybridized carbons (Fsp3) is 0.870. The molecule has 1 aromatic heterocycles. The Morgan fingerprint density at radius 2 is 0.411 bits per heavy atom. The first-order valence-corrected chi connectivity index (χ1v) is 35.2. The Morgan fingerprint density at radius 1 is 0.211 bits per heavy atom. The van der Waals surface area contributed by atoms with Crippen LogP contribution in [0.1, 0.15) is 71.1 Å². The number of aromatic nitrogens is 1. The van der Waals surface area contributed by atoms with E-state index in [1.807, 2.05) is 30.3 Å². The van der Waals surface area contributed by atoms with Crippen molar-refractivity contribution in [3.63, 3.8) is 0 Å². The standard InChI is InChI=1S/C69H127NO25/c1-2-3-4-5-6-7-8-9-10-11-17-71-18-19-72-20-21-73-22-23-74-24-25-75-26-27-76-28-29-77-30-31-78-32-33-79-34-35-80-36-37-81-38-39-82-40-41-83-42-43-84-44-45-85-46-47-86-48-49-87-50-51-88-52-53-89-54-55-90-56-57-91-58-59-92-60-61-93-62-63-94-64-65-95-68-14-15-69-67(66-68)13-12-16-70-69/h12-16,66H,2-11,17-65H2,1H3. The molecule has 26 heteroatoms. The van der Waals surface area contributed by atoms with Gasteiger partial charge in [-0.1, -0.05) is 70.8 Å². The van der Waals surface area contributed by atoms with Crippen LogP contribution in [0.2, 0.25) is 0 Å². The minimum Gasteiger partial charge on any atom is -0.491 e. The average molecular weight is 1370 g/mol. The van der Waals surface area contributed by atoms with Gasteiger partial charge in [-0.3, -0.25) is 4.98 Å². The van der Waals surface area contributed by atoms with Crippen LogP contribution < -0.4 is 4.74 Å². The highest BCUT2D eigenvalue weighted by molar-refractivity contribution is 5.79. The highest BCUT2D eigenvalue weighted by atomic mass is 16.6. The largest absolute Gasteiger partial charge is 0.491 e. The second kappa shape index (κ2) is 78.8. The Hall–Kier alpha value is -2.53. The molecule has 0 aliphatic carbocycles. The van der Waals surface area contributed by atoms with Crippen LogP contribution in [0.3, 0.4) is 0 Å². The molecule has 0 unspecified atom stereocenters. The van der Waals surface area contributed by atoms with Gasteiger partial charge in [-0.05, 0) is 30.7 Å². The molecule has 1 heterocycles. The molecule has 0 aliphatic rings. The smallest absolute Gasteiger partial charge is 0.120 e. The summed E-state index contributed by atoms with van der Waals surface area (Å²) in [6, 6.07) is 9.76. The molecule has 0 bridgehead atoms. The van der Waals surface area contributed by atoms with Crippen LogP contribution in [-0.4, -0.2) is 329 Å². The summed E-state index contributed by atoms with van der Waals surface area (Å²) in [7, 11) is 0. The maximum atomic E-state index is 5.75. The summed E-state index contributed by atoms with van der Waals surface area (Å²) >= 11 is 0. The van der Waals surface area contributed by atoms with Crippen molar-refractivity contribution in [2.24, 2.45) is 0 Å². The first kappa shape index (κ1) is 88.6. The molecule has 0 radical (unpaired) electrons. The van der Waals surface area contributed by atoms with Crippen molar-refractivity contribution in [1.82, 2.24) is 4.98 Å². The van der Waals surface area contributed by atoms with E-state index in [1.54, 1.807) is 6.20 Å². The number of fused-ring (bicyclic) bond motifs is 1. The lowest BCUT2D eigenvalue weighted by atomic mass is 10.1. The number of pyridine rings is 1. The van der Waals surface area contributed by atoms with Crippen molar-refractivity contribution in [3.8, 4) is 5.75 Å². The second-order valence-electron chi connectivity index (χ2n) is 21.1. The van der Waals surface area contributed by atoms with E-state index in [9.17, 15) is 0 Å². The third-order valence-corrected chi connectivity index (χ3v) is 13.3. The van der Waals surface area contributed by atoms with Gasteiger partial charge in [0.2, 0.25) is 0 Å². The van der Waals surface area contributed by atoms with Gasteiger partial charge in [-0.25, -0.2) is 0 Å². The zero-order chi connectivity index (χ0) is 67.1. The van der Waals surface area contributed by atoms with Gasteiger partial charge < -0.3 is 118 Å². The van der Waals surface area contributed by atoms with E-state index in [0.717, 1.165) is 29.7 Å². The van der Waals surface area contributed by atoms with Crippen LogP contribution in [0, 0.1) is 0 Å². The molecule has 95 heavy (non-hydrogen) atoms. The second-order valence-corrected chi connectivity index (χ2v) is 21.1. The lowest BCUT2D eigenvalue weighted by Gasteiger charge is -2.09. The normalized spacial score (nSPS) is 11.8. The van der Waals surface area contributed by atoms with Gasteiger partial charge in [0.25, 0.3) is 0 Å². The molecule has 0 amide bonds. The number of hydrogen-bond acceptors (Lipinski definition) is 26. The molecule has 0 fully saturated rings. The van der Waals surface area contributed by atoms with Crippen LogP contribution in [0.4, 0.5) is 0 Å². The maximum absolute atomic E-state index is 5.75. The summed E-state index contributed by atoms with van der Waals surface area (Å²) < 4.78 is 139. The predicted molar refractivity (Wildman–Crippen MR) is 359 cm³/mol. The molecule has 558 valence electrons. The quantitative estimate of drug-likeness (QED) is 0.0609. The number of nitrogens with zero attached hydrogens (tertiary/aromatic N) is 1. The number of benzene rings is 1. The summed E-state index contributed by atoms with van der Waals surface area (Å²) in [5.74, 6) is 0.800. The van der Waals surface area contributed by atoms with Crippen LogP contribution in [0.15, 0.2) is 36.5 Å². The predicted octanol–water partition coefficient (Wildman–Crippen LogP) is 6.93. The molecule has 0 N–H and O–H groups in total. The van der Waals surface area contributed by atoms with Crippen LogP contribution >= 0.6 is 0 Å². The van der Waals surface area contributed by atoms with Gasteiger partial charge in [-0.15, -0.1) is 0 Å². The molecule has 2 rings (SSSR count). The number of unbranched alkanes of at least 4 members (excludes halogenated alkanes) is 9. The summed E-state index contributed by atoms with van der Waals surface area (Å²) in [5.41, 5.74) is 0.944. The van der Waals surface area contributed by atoms with Crippen molar-refractivity contribution in [2.75, 3.05) is 324 Å². The Balaban J connectivity index is 1.08. The number of ether oxygens (including phenoxy) is 25. The third kappa shape index (κ3) is 69.7. The Kier molecular flexibility index (Phi) is 73.5. The summed E-state index contributed by atoms with van der Waals surface area (Å²) in [6.07, 6.45) is 15.1. The van der Waals surface area contributed by atoms with E-state index in [2.05, 4.69) is 11.9 Å². The van der Waals surface area contributed by atoms with Crippen molar-refractivity contribution < 1.29 is 118 Å². The van der Waals surface area contributed by atoms with E-state index >= 15 is 0 Å². The zero-order valence-electron chi connectivity index (χ0n) is 58.3. The van der Waals surface area contributed by atoms with Crippen LogP contribution in [-0.2, 0) is 114 Å². The van der Waals surface area contributed by atoms with E-state index in [-0.39, 0.29) is 0 Å². The maximum Gasteiger partial charge on any atom is 0.120 e. The first-order valence-electron chi connectivity index (χ1n) is 35.2. The molecule has 26 nitrogen and oxygen atoms in total. The van der Waals surface area contributed by atoms with Crippen LogP contribution in [0.5, 0.6) is 5.75 Å². The van der Waals surface area contributed by atoms with E-state index in [1.165, 1.54) is 57.8 Å². The highest BCUT2D eigenvalue weighted by Gasteiger charge is 2.03. The number of hydrogen-bond donors (Lipinski definition) is 0. The van der Waals surface area contributed by atoms with Gasteiger partial charge in [0.05, 0.1) is 316 Å². The fourth-order valence-electron chi connectivity index (χ4n) is 8.21. The first-order chi connectivity index (χ1) is 47.4. The fourth-order valence-corrected chi connectivity index (χ4v) is 8.21. The van der Waals surface area contributed by atoms with Crippen molar-refractivity contribution >= 4 is 10.9 Å². The lowest BCUT2D eigenvalue weighted by Crippen LogP contribution is -2.16. The molecule has 1 aromatic carbocycles. The van der Waals surface area contributed by atoms with Gasteiger partial charge in [0, 0.05) is 18.2 Å². The number of rotatable bonds is 84. The highest BCUT2D eigenvalue weighted by Crippen LogP contribution is 2.19. The van der Waals surface area contributed by atoms with Crippen LogP contribution in [0.25, 0.3) is 10.9 Å². The van der Waals surface area contributed by atoms with Gasteiger partial charge in [0.1, 0.15) is 12.4 Å². The molecule has 0 spiro atoms. The molecule has 0 saturated carbocycles. The Morgan fingerprint density at radius 3 is 0.642 bits per heavy atom. The minimum absolute atomic E-state index is 0.469. The summed E-state index contributed by atoms with van der Waals surface area (Å²) in [5, 5.41) is 1.05. The van der Waals surface area contributed by atoms with Gasteiger partial charge in [-0.2, -0.15) is 0 Å². The Labute approximate surface area is 569 Å². The van der Waals surface area contributed by atoms with Crippen molar-refractivity contribution in [3.05, 3.63) is 36.5 Å². The zero-order valence-corrected chi connectivity index (χ0v) is 58.3. The van der Waals surface area contributed by atoms with Gasteiger partial charge >= 0.3 is 0 Å². The molecular weight excluding hydrogens is 1240 g/mol. The molecule has 0 atom stereocenters.